The van der Waals surface area contributed by atoms with Crippen molar-refractivity contribution in [1.29, 1.82) is 0 Å². The summed E-state index contributed by atoms with van der Waals surface area (Å²) in [6, 6.07) is 0. The first-order valence-corrected chi connectivity index (χ1v) is 11.7. The molecule has 6 aliphatic heterocycles. The molecular formula is C27H26N6+2. The Morgan fingerprint density at radius 3 is 2.21 bits per heavy atom. The third-order valence-electron chi connectivity index (χ3n) is 9.11. The summed E-state index contributed by atoms with van der Waals surface area (Å²) in [4.78, 5) is 10.6. The quantitative estimate of drug-likeness (QED) is 0.572. The molecule has 2 aromatic rings. The van der Waals surface area contributed by atoms with Crippen molar-refractivity contribution in [3.63, 3.8) is 0 Å². The van der Waals surface area contributed by atoms with Gasteiger partial charge in [0.2, 0.25) is 0 Å². The minimum absolute atomic E-state index is 0.631. The monoisotopic (exact) mass is 434 g/mol. The van der Waals surface area contributed by atoms with Crippen LogP contribution in [0.1, 0.15) is 55.6 Å². The minimum Gasteiger partial charge on any atom is -0.225 e. The zero-order chi connectivity index (χ0) is 22.9. The second kappa shape index (κ2) is 4.86. The molecular weight excluding hydrogens is 408 g/mol. The molecule has 0 aromatic carbocycles. The molecule has 6 nitrogen and oxygen atoms in total. The van der Waals surface area contributed by atoms with Gasteiger partial charge in [0, 0.05) is 28.3 Å². The highest BCUT2D eigenvalue weighted by atomic mass is 15.7. The molecule has 2 aromatic heterocycles. The Morgan fingerprint density at radius 2 is 1.45 bits per heavy atom. The summed E-state index contributed by atoms with van der Waals surface area (Å²) in [6.45, 7) is 17.8. The van der Waals surface area contributed by atoms with Crippen LogP contribution in [-0.4, -0.2) is 35.7 Å². The van der Waals surface area contributed by atoms with E-state index in [4.69, 9.17) is 9.98 Å². The maximum Gasteiger partial charge on any atom is 0.438 e. The zero-order valence-corrected chi connectivity index (χ0v) is 20.3. The van der Waals surface area contributed by atoms with Crippen LogP contribution in [0.2, 0.25) is 0 Å². The number of amidine groups is 2. The third-order valence-corrected chi connectivity index (χ3v) is 9.11. The summed E-state index contributed by atoms with van der Waals surface area (Å²) >= 11 is 0. The lowest BCUT2D eigenvalue weighted by Gasteiger charge is -2.42. The van der Waals surface area contributed by atoms with E-state index in [9.17, 15) is 0 Å². The van der Waals surface area contributed by atoms with Crippen molar-refractivity contribution in [1.82, 2.24) is 9.13 Å². The van der Waals surface area contributed by atoms with Gasteiger partial charge in [-0.3, -0.25) is 0 Å². The minimum atomic E-state index is -0.631. The maximum atomic E-state index is 5.31. The molecule has 8 heterocycles. The van der Waals surface area contributed by atoms with Crippen molar-refractivity contribution in [2.24, 2.45) is 9.98 Å². The lowest BCUT2D eigenvalue weighted by atomic mass is 10.1. The first-order valence-electron chi connectivity index (χ1n) is 11.7. The number of hydrogen-bond acceptors (Lipinski definition) is 2. The van der Waals surface area contributed by atoms with Crippen molar-refractivity contribution < 1.29 is 9.15 Å². The molecule has 0 saturated heterocycles. The van der Waals surface area contributed by atoms with Crippen molar-refractivity contribution >= 4 is 35.4 Å². The van der Waals surface area contributed by atoms with Crippen LogP contribution in [0.15, 0.2) is 38.0 Å². The lowest BCUT2D eigenvalue weighted by Crippen LogP contribution is -2.71. The first-order chi connectivity index (χ1) is 15.7. The molecule has 0 radical (unpaired) electrons. The summed E-state index contributed by atoms with van der Waals surface area (Å²) in [6.07, 6.45) is 4.71. The lowest BCUT2D eigenvalue weighted by molar-refractivity contribution is -0.815. The number of rotatable bonds is 0. The van der Waals surface area contributed by atoms with Crippen molar-refractivity contribution in [3.8, 4) is 0 Å². The Bertz CT molecular complexity index is 1820. The van der Waals surface area contributed by atoms with Crippen molar-refractivity contribution in [2.45, 2.75) is 61.3 Å². The van der Waals surface area contributed by atoms with Gasteiger partial charge in [-0.25, -0.2) is 14.1 Å². The summed E-state index contributed by atoms with van der Waals surface area (Å²) in [5.74, 6) is 2.55. The normalized spacial score (nSPS) is 24.8. The highest BCUT2D eigenvalue weighted by molar-refractivity contribution is 6.27. The second-order valence-corrected chi connectivity index (χ2v) is 10.3. The van der Waals surface area contributed by atoms with Crippen LogP contribution in [0.25, 0.3) is 12.2 Å². The van der Waals surface area contributed by atoms with E-state index in [2.05, 4.69) is 85.8 Å². The van der Waals surface area contributed by atoms with E-state index < -0.39 is 5.91 Å². The van der Waals surface area contributed by atoms with E-state index >= 15 is 0 Å². The zero-order valence-electron chi connectivity index (χ0n) is 20.3. The van der Waals surface area contributed by atoms with E-state index in [1.54, 1.807) is 0 Å². The third kappa shape index (κ3) is 1.47. The molecule has 0 amide bonds. The molecule has 6 heteroatoms. The van der Waals surface area contributed by atoms with Crippen molar-refractivity contribution in [2.75, 3.05) is 0 Å². The Labute approximate surface area is 191 Å². The van der Waals surface area contributed by atoms with Gasteiger partial charge in [0.15, 0.2) is 0 Å². The molecule has 1 unspecified atom stereocenters. The average molecular weight is 435 g/mol. The van der Waals surface area contributed by atoms with E-state index in [1.807, 2.05) is 0 Å². The molecule has 6 aliphatic rings. The molecule has 1 atom stereocenters. The van der Waals surface area contributed by atoms with Crippen LogP contribution >= 0.6 is 0 Å². The molecule has 33 heavy (non-hydrogen) atoms. The van der Waals surface area contributed by atoms with Crippen LogP contribution in [0.4, 0.5) is 5.82 Å². The van der Waals surface area contributed by atoms with Crippen molar-refractivity contribution in [3.05, 3.63) is 66.8 Å². The Balaban J connectivity index is 1.75. The highest BCUT2D eigenvalue weighted by Crippen LogP contribution is 2.50. The van der Waals surface area contributed by atoms with Gasteiger partial charge in [0.25, 0.3) is 0 Å². The number of nitrogens with zero attached hydrogens (tertiary/aromatic N) is 6. The summed E-state index contributed by atoms with van der Waals surface area (Å²) in [7, 11) is 0. The van der Waals surface area contributed by atoms with Gasteiger partial charge in [0.1, 0.15) is 22.7 Å². The summed E-state index contributed by atoms with van der Waals surface area (Å²) in [5, 5.41) is 1.25. The summed E-state index contributed by atoms with van der Waals surface area (Å²) < 4.78 is 9.93. The Morgan fingerprint density at radius 1 is 0.697 bits per heavy atom. The molecule has 0 N–H and O–H groups in total. The standard InChI is InChI=1S/C27H26N6/c1-11-15(5)23-28-24-17(7)13(3)21-10-22-14(4)18(8)26-29-25-16(6)12(2)20-9-19(11)30(23)27(31(20)25,32(21)24)33(22)26/h9-10H,1-8H3/q+2. The fourth-order valence-electron chi connectivity index (χ4n) is 6.74. The van der Waals surface area contributed by atoms with Gasteiger partial charge in [-0.15, -0.1) is 9.15 Å². The smallest absolute Gasteiger partial charge is 0.225 e. The van der Waals surface area contributed by atoms with E-state index in [0.29, 0.717) is 0 Å². The largest absolute Gasteiger partial charge is 0.438 e. The van der Waals surface area contributed by atoms with E-state index in [1.165, 1.54) is 67.0 Å². The van der Waals surface area contributed by atoms with Gasteiger partial charge in [-0.05, 0) is 77.6 Å². The van der Waals surface area contributed by atoms with Gasteiger partial charge >= 0.3 is 17.6 Å². The van der Waals surface area contributed by atoms with Crippen LogP contribution in [0.3, 0.4) is 0 Å². The SMILES string of the molecule is CC1=C(C)C2=[N+]3C1=Cc1c(C)c(C)c4n1C31n3c(c(C)c(C)c3=N4)=CC3=[N+]1C(=N2)C(C)=C3C. The van der Waals surface area contributed by atoms with Crippen LogP contribution < -0.4 is 10.8 Å². The molecule has 162 valence electrons. The fraction of sp³-hybridized carbons (Fsp3) is 0.333. The Hall–Kier alpha value is -3.54. The van der Waals surface area contributed by atoms with E-state index in [0.717, 1.165) is 23.0 Å². The molecule has 0 aliphatic carbocycles. The van der Waals surface area contributed by atoms with Gasteiger partial charge < -0.3 is 0 Å². The van der Waals surface area contributed by atoms with Gasteiger partial charge in [0.05, 0.1) is 22.2 Å². The molecule has 0 saturated carbocycles. The second-order valence-electron chi connectivity index (χ2n) is 10.3. The topological polar surface area (TPSA) is 40.6 Å². The van der Waals surface area contributed by atoms with Gasteiger partial charge in [-0.1, -0.05) is 0 Å². The number of allylic oxidation sites excluding steroid dienone is 2. The molecule has 1 spiro atoms. The average Bonchev–Trinajstić information content (AvgIpc) is 3.40. The first kappa shape index (κ1) is 18.0. The van der Waals surface area contributed by atoms with Crippen LogP contribution in [0.5, 0.6) is 0 Å². The summed E-state index contributed by atoms with van der Waals surface area (Å²) in [5.41, 5.74) is 15.0. The maximum absolute atomic E-state index is 5.31. The predicted molar refractivity (Wildman–Crippen MR) is 129 cm³/mol. The predicted octanol–water partition coefficient (Wildman–Crippen LogP) is 3.03. The number of hydrogen-bond donors (Lipinski definition) is 0. The molecule has 8 rings (SSSR count). The molecule has 0 bridgehead atoms. The van der Waals surface area contributed by atoms with Crippen LogP contribution in [-0.2, 0) is 5.91 Å². The number of aromatic nitrogens is 2. The highest BCUT2D eigenvalue weighted by Gasteiger charge is 2.68. The molecule has 0 fully saturated rings. The van der Waals surface area contributed by atoms with Gasteiger partial charge in [-0.2, -0.15) is 0 Å². The van der Waals surface area contributed by atoms with E-state index in [-0.39, 0.29) is 0 Å². The van der Waals surface area contributed by atoms with Crippen LogP contribution in [0, 0.1) is 27.7 Å². The fourth-order valence-corrected chi connectivity index (χ4v) is 6.74. The Kier molecular flexibility index (Phi) is 2.64. The number of aliphatic imine (C=N–C) groups is 1.